The van der Waals surface area contributed by atoms with Gasteiger partial charge in [-0.25, -0.2) is 9.82 Å². The first-order valence-corrected chi connectivity index (χ1v) is 6.77. The van der Waals surface area contributed by atoms with Crippen LogP contribution in [-0.4, -0.2) is 18.0 Å². The number of carbonyl (C=O) groups is 2. The predicted molar refractivity (Wildman–Crippen MR) is 87.1 cm³/mol. The molecular weight excluding hydrogens is 297 g/mol. The summed E-state index contributed by atoms with van der Waals surface area (Å²) in [6, 6.07) is 14.6. The lowest BCUT2D eigenvalue weighted by Gasteiger charge is -2.03. The Morgan fingerprint density at radius 1 is 0.957 bits per heavy atom. The first-order chi connectivity index (χ1) is 11.1. The lowest BCUT2D eigenvalue weighted by atomic mass is 10.2. The highest BCUT2D eigenvalue weighted by atomic mass is 19.1. The van der Waals surface area contributed by atoms with Gasteiger partial charge in [0.2, 0.25) is 0 Å². The van der Waals surface area contributed by atoms with E-state index in [0.717, 1.165) is 5.56 Å². The molecule has 2 N–H and O–H groups in total. The number of hydrogen-bond acceptors (Lipinski definition) is 3. The third kappa shape index (κ3) is 5.55. The molecule has 0 aromatic heterocycles. The first kappa shape index (κ1) is 16.1. The number of carbonyl (C=O) groups excluding carboxylic acids is 2. The third-order valence-corrected chi connectivity index (χ3v) is 2.72. The molecule has 0 saturated heterocycles. The van der Waals surface area contributed by atoms with Crippen molar-refractivity contribution in [1.82, 2.24) is 5.43 Å². The van der Waals surface area contributed by atoms with Crippen molar-refractivity contribution in [2.24, 2.45) is 5.10 Å². The Labute approximate surface area is 132 Å². The maximum Gasteiger partial charge on any atom is 0.329 e. The third-order valence-electron chi connectivity index (χ3n) is 2.72. The minimum absolute atomic E-state index is 0.319. The largest absolute Gasteiger partial charge is 0.329 e. The van der Waals surface area contributed by atoms with Crippen molar-refractivity contribution in [3.8, 4) is 0 Å². The fraction of sp³-hybridized carbons (Fsp3) is 0. The monoisotopic (exact) mass is 311 g/mol. The van der Waals surface area contributed by atoms with Gasteiger partial charge in [0.15, 0.2) is 0 Å². The molecule has 0 bridgehead atoms. The Morgan fingerprint density at radius 3 is 2.35 bits per heavy atom. The Bertz CT molecular complexity index is 725. The van der Waals surface area contributed by atoms with Gasteiger partial charge in [-0.3, -0.25) is 9.59 Å². The van der Waals surface area contributed by atoms with Crippen LogP contribution in [-0.2, 0) is 9.59 Å². The number of hydrazone groups is 1. The quantitative estimate of drug-likeness (QED) is 0.517. The minimum Gasteiger partial charge on any atom is -0.318 e. The van der Waals surface area contributed by atoms with Gasteiger partial charge in [-0.05, 0) is 35.9 Å². The van der Waals surface area contributed by atoms with E-state index in [1.165, 1.54) is 30.5 Å². The van der Waals surface area contributed by atoms with Gasteiger partial charge in [-0.2, -0.15) is 5.10 Å². The second kappa shape index (κ2) is 8.23. The van der Waals surface area contributed by atoms with Crippen LogP contribution in [0.2, 0.25) is 0 Å². The van der Waals surface area contributed by atoms with E-state index in [4.69, 9.17) is 0 Å². The fourth-order valence-electron chi connectivity index (χ4n) is 1.63. The van der Waals surface area contributed by atoms with Gasteiger partial charge in [0.1, 0.15) is 5.82 Å². The number of anilines is 1. The zero-order valence-corrected chi connectivity index (χ0v) is 12.1. The van der Waals surface area contributed by atoms with Crippen molar-refractivity contribution in [3.05, 3.63) is 72.1 Å². The van der Waals surface area contributed by atoms with Gasteiger partial charge in [0, 0.05) is 11.9 Å². The molecular formula is C17H14FN3O2. The Kier molecular flexibility index (Phi) is 5.76. The summed E-state index contributed by atoms with van der Waals surface area (Å²) >= 11 is 0. The van der Waals surface area contributed by atoms with Crippen LogP contribution < -0.4 is 10.7 Å². The van der Waals surface area contributed by atoms with Crippen LogP contribution in [0.1, 0.15) is 5.56 Å². The Hall–Kier alpha value is -3.28. The summed E-state index contributed by atoms with van der Waals surface area (Å²) in [5.74, 6) is -2.23. The highest BCUT2D eigenvalue weighted by Crippen LogP contribution is 2.07. The second-order valence-electron chi connectivity index (χ2n) is 4.45. The van der Waals surface area contributed by atoms with Crippen molar-refractivity contribution < 1.29 is 14.0 Å². The molecule has 5 nitrogen and oxygen atoms in total. The van der Waals surface area contributed by atoms with Crippen LogP contribution in [0.15, 0.2) is 65.8 Å². The summed E-state index contributed by atoms with van der Waals surface area (Å²) < 4.78 is 12.7. The number of benzene rings is 2. The molecule has 0 aliphatic carbocycles. The molecule has 0 aliphatic rings. The number of amides is 2. The van der Waals surface area contributed by atoms with E-state index in [1.807, 2.05) is 30.3 Å². The molecule has 0 spiro atoms. The van der Waals surface area contributed by atoms with Gasteiger partial charge in [-0.1, -0.05) is 36.4 Å². The molecule has 0 fully saturated rings. The zero-order chi connectivity index (χ0) is 16.5. The molecule has 6 heteroatoms. The van der Waals surface area contributed by atoms with E-state index in [0.29, 0.717) is 5.69 Å². The summed E-state index contributed by atoms with van der Waals surface area (Å²) in [6.45, 7) is 0. The molecule has 2 aromatic rings. The molecule has 23 heavy (non-hydrogen) atoms. The van der Waals surface area contributed by atoms with E-state index in [2.05, 4.69) is 15.8 Å². The average Bonchev–Trinajstić information content (AvgIpc) is 2.57. The minimum atomic E-state index is -0.918. The Morgan fingerprint density at radius 2 is 1.65 bits per heavy atom. The standard InChI is InChI=1S/C17H14FN3O2/c18-14-8-10-15(11-9-14)20-16(22)17(23)21-19-12-4-7-13-5-2-1-3-6-13/h1-12H,(H,20,22)(H,21,23). The van der Waals surface area contributed by atoms with Crippen LogP contribution in [0.5, 0.6) is 0 Å². The average molecular weight is 311 g/mol. The van der Waals surface area contributed by atoms with Crippen LogP contribution in [0.25, 0.3) is 6.08 Å². The van der Waals surface area contributed by atoms with Crippen molar-refractivity contribution in [2.45, 2.75) is 0 Å². The van der Waals surface area contributed by atoms with E-state index in [-0.39, 0.29) is 0 Å². The van der Waals surface area contributed by atoms with Crippen molar-refractivity contribution in [3.63, 3.8) is 0 Å². The van der Waals surface area contributed by atoms with Gasteiger partial charge < -0.3 is 5.32 Å². The maximum absolute atomic E-state index is 12.7. The summed E-state index contributed by atoms with van der Waals surface area (Å²) in [5, 5.41) is 5.96. The highest BCUT2D eigenvalue weighted by Gasteiger charge is 2.12. The normalized spacial score (nSPS) is 10.8. The maximum atomic E-state index is 12.7. The molecule has 2 aromatic carbocycles. The molecule has 0 radical (unpaired) electrons. The van der Waals surface area contributed by atoms with Crippen LogP contribution in [0.3, 0.4) is 0 Å². The van der Waals surface area contributed by atoms with E-state index in [9.17, 15) is 14.0 Å². The lowest BCUT2D eigenvalue weighted by molar-refractivity contribution is -0.136. The van der Waals surface area contributed by atoms with Gasteiger partial charge in [0.05, 0.1) is 0 Å². The smallest absolute Gasteiger partial charge is 0.318 e. The molecule has 116 valence electrons. The van der Waals surface area contributed by atoms with Gasteiger partial charge in [-0.15, -0.1) is 0 Å². The molecule has 0 heterocycles. The number of halogens is 1. The Balaban J connectivity index is 1.79. The second-order valence-corrected chi connectivity index (χ2v) is 4.45. The van der Waals surface area contributed by atoms with E-state index < -0.39 is 17.6 Å². The van der Waals surface area contributed by atoms with E-state index >= 15 is 0 Å². The molecule has 2 rings (SSSR count). The molecule has 0 atom stereocenters. The van der Waals surface area contributed by atoms with Crippen LogP contribution >= 0.6 is 0 Å². The molecule has 0 saturated carbocycles. The molecule has 0 aliphatic heterocycles. The van der Waals surface area contributed by atoms with Gasteiger partial charge in [0.25, 0.3) is 0 Å². The summed E-state index contributed by atoms with van der Waals surface area (Å²) in [6.07, 6.45) is 4.79. The van der Waals surface area contributed by atoms with Crippen molar-refractivity contribution in [1.29, 1.82) is 0 Å². The number of allylic oxidation sites excluding steroid dienone is 1. The number of nitrogens with zero attached hydrogens (tertiary/aromatic N) is 1. The topological polar surface area (TPSA) is 70.6 Å². The van der Waals surface area contributed by atoms with Crippen LogP contribution in [0.4, 0.5) is 10.1 Å². The lowest BCUT2D eigenvalue weighted by Crippen LogP contribution is -2.32. The molecule has 2 amide bonds. The number of nitrogens with one attached hydrogen (secondary N) is 2. The summed E-state index contributed by atoms with van der Waals surface area (Å²) in [5.41, 5.74) is 3.40. The summed E-state index contributed by atoms with van der Waals surface area (Å²) in [4.78, 5) is 23.1. The number of rotatable bonds is 4. The van der Waals surface area contributed by atoms with Crippen molar-refractivity contribution >= 4 is 29.8 Å². The zero-order valence-electron chi connectivity index (χ0n) is 12.1. The van der Waals surface area contributed by atoms with Crippen molar-refractivity contribution in [2.75, 3.05) is 5.32 Å². The first-order valence-electron chi connectivity index (χ1n) is 6.77. The van der Waals surface area contributed by atoms with E-state index in [1.54, 1.807) is 12.2 Å². The highest BCUT2D eigenvalue weighted by molar-refractivity contribution is 6.39. The number of hydrogen-bond donors (Lipinski definition) is 2. The fourth-order valence-corrected chi connectivity index (χ4v) is 1.63. The SMILES string of the molecule is O=C(NN=CC=Cc1ccccc1)C(=O)Nc1ccc(F)cc1. The van der Waals surface area contributed by atoms with Gasteiger partial charge >= 0.3 is 11.8 Å². The van der Waals surface area contributed by atoms with Crippen LogP contribution in [0, 0.1) is 5.82 Å². The molecule has 0 unspecified atom stereocenters. The summed E-state index contributed by atoms with van der Waals surface area (Å²) in [7, 11) is 0. The predicted octanol–water partition coefficient (Wildman–Crippen LogP) is 2.58.